The number of amides is 4. The van der Waals surface area contributed by atoms with Crippen molar-refractivity contribution in [3.05, 3.63) is 70.8 Å². The minimum atomic E-state index is -1.13. The summed E-state index contributed by atoms with van der Waals surface area (Å²) in [5.74, 6) is -1.49. The maximum absolute atomic E-state index is 14.1. The van der Waals surface area contributed by atoms with E-state index in [0.29, 0.717) is 5.56 Å². The first kappa shape index (κ1) is 31.3. The summed E-state index contributed by atoms with van der Waals surface area (Å²) in [7, 11) is 0. The standard InChI is InChI=1S/C30H42N4O5/c1-19(2)34(28(37)24(16-17-25(31)35)33-29(38)39-30(5,6)7)26(23-15-11-12-20(3)21(23)4)27(36)32-18-22-13-9-8-10-14-22/h8-15,19,24,26H,16-18H2,1-7H3,(H2,31,35)(H,32,36)(H,33,38). The highest BCUT2D eigenvalue weighted by atomic mass is 16.6. The highest BCUT2D eigenvalue weighted by Crippen LogP contribution is 2.29. The second-order valence-electron chi connectivity index (χ2n) is 10.9. The summed E-state index contributed by atoms with van der Waals surface area (Å²) in [5, 5.41) is 5.58. The molecule has 9 heteroatoms. The average molecular weight is 539 g/mol. The lowest BCUT2D eigenvalue weighted by molar-refractivity contribution is -0.145. The van der Waals surface area contributed by atoms with Crippen LogP contribution in [0.15, 0.2) is 48.5 Å². The Morgan fingerprint density at radius 1 is 0.974 bits per heavy atom. The molecule has 0 fully saturated rings. The van der Waals surface area contributed by atoms with Gasteiger partial charge in [0.2, 0.25) is 17.7 Å². The Balaban J connectivity index is 2.51. The van der Waals surface area contributed by atoms with Gasteiger partial charge in [-0.1, -0.05) is 48.5 Å². The predicted molar refractivity (Wildman–Crippen MR) is 151 cm³/mol. The molecule has 0 heterocycles. The molecule has 0 bridgehead atoms. The van der Waals surface area contributed by atoms with E-state index in [1.165, 1.54) is 4.90 Å². The molecule has 0 saturated heterocycles. The van der Waals surface area contributed by atoms with Gasteiger partial charge < -0.3 is 26.0 Å². The number of primary amides is 1. The molecule has 0 aliphatic carbocycles. The van der Waals surface area contributed by atoms with Crippen LogP contribution in [0.2, 0.25) is 0 Å². The maximum Gasteiger partial charge on any atom is 0.408 e. The van der Waals surface area contributed by atoms with Gasteiger partial charge in [0.25, 0.3) is 0 Å². The Labute approximate surface area is 231 Å². The molecule has 2 atom stereocenters. The summed E-state index contributed by atoms with van der Waals surface area (Å²) in [4.78, 5) is 53.7. The third-order valence-corrected chi connectivity index (χ3v) is 6.26. The summed E-state index contributed by atoms with van der Waals surface area (Å²) in [5.41, 5.74) is 8.02. The van der Waals surface area contributed by atoms with Crippen LogP contribution >= 0.6 is 0 Å². The summed E-state index contributed by atoms with van der Waals surface area (Å²) in [6.07, 6.45) is -0.973. The zero-order chi connectivity index (χ0) is 29.3. The fourth-order valence-corrected chi connectivity index (χ4v) is 4.22. The second-order valence-corrected chi connectivity index (χ2v) is 10.9. The number of alkyl carbamates (subject to hydrolysis) is 1. The third-order valence-electron chi connectivity index (χ3n) is 6.26. The van der Waals surface area contributed by atoms with E-state index in [0.717, 1.165) is 16.7 Å². The number of ether oxygens (including phenoxy) is 1. The van der Waals surface area contributed by atoms with Crippen molar-refractivity contribution in [2.24, 2.45) is 5.73 Å². The zero-order valence-electron chi connectivity index (χ0n) is 24.0. The van der Waals surface area contributed by atoms with E-state index in [4.69, 9.17) is 10.5 Å². The molecule has 4 amide bonds. The highest BCUT2D eigenvalue weighted by Gasteiger charge is 2.38. The molecule has 2 rings (SSSR count). The van der Waals surface area contributed by atoms with Crippen molar-refractivity contribution in [2.45, 2.75) is 91.6 Å². The Hall–Kier alpha value is -3.88. The van der Waals surface area contributed by atoms with Gasteiger partial charge in [-0.15, -0.1) is 0 Å². The Morgan fingerprint density at radius 3 is 2.18 bits per heavy atom. The third kappa shape index (κ3) is 9.42. The number of nitrogens with one attached hydrogen (secondary N) is 2. The summed E-state index contributed by atoms with van der Waals surface area (Å²) < 4.78 is 5.36. The van der Waals surface area contributed by atoms with Crippen LogP contribution in [-0.4, -0.2) is 46.4 Å². The number of benzene rings is 2. The number of rotatable bonds is 11. The van der Waals surface area contributed by atoms with Gasteiger partial charge in [0, 0.05) is 19.0 Å². The van der Waals surface area contributed by atoms with Crippen molar-refractivity contribution in [2.75, 3.05) is 0 Å². The number of carbonyl (C=O) groups excluding carboxylic acids is 4. The zero-order valence-corrected chi connectivity index (χ0v) is 24.0. The Kier molecular flexibility index (Phi) is 11.1. The number of nitrogens with zero attached hydrogens (tertiary/aromatic N) is 1. The average Bonchev–Trinajstić information content (AvgIpc) is 2.84. The number of aryl methyl sites for hydroxylation is 1. The van der Waals surface area contributed by atoms with Gasteiger partial charge in [0.15, 0.2) is 0 Å². The van der Waals surface area contributed by atoms with Crippen LogP contribution in [-0.2, 0) is 25.7 Å². The van der Waals surface area contributed by atoms with Crippen LogP contribution in [0.25, 0.3) is 0 Å². The lowest BCUT2D eigenvalue weighted by Crippen LogP contribution is -2.55. The van der Waals surface area contributed by atoms with Gasteiger partial charge in [0.1, 0.15) is 17.7 Å². The first-order valence-electron chi connectivity index (χ1n) is 13.2. The SMILES string of the molecule is Cc1cccc(C(C(=O)NCc2ccccc2)N(C(=O)C(CCC(N)=O)NC(=O)OC(C)(C)C)C(C)C)c1C. The summed E-state index contributed by atoms with van der Waals surface area (Å²) in [6, 6.07) is 12.6. The molecule has 0 aliphatic rings. The normalized spacial score (nSPS) is 12.8. The van der Waals surface area contributed by atoms with Crippen LogP contribution < -0.4 is 16.4 Å². The quantitative estimate of drug-likeness (QED) is 0.397. The van der Waals surface area contributed by atoms with Crippen LogP contribution in [0.4, 0.5) is 4.79 Å². The van der Waals surface area contributed by atoms with Crippen molar-refractivity contribution in [1.29, 1.82) is 0 Å². The number of hydrogen-bond donors (Lipinski definition) is 3. The van der Waals surface area contributed by atoms with Gasteiger partial charge in [-0.25, -0.2) is 4.79 Å². The predicted octanol–water partition coefficient (Wildman–Crippen LogP) is 4.06. The van der Waals surface area contributed by atoms with E-state index < -0.39 is 41.6 Å². The van der Waals surface area contributed by atoms with Crippen LogP contribution in [0, 0.1) is 13.8 Å². The van der Waals surface area contributed by atoms with Crippen molar-refractivity contribution in [3.63, 3.8) is 0 Å². The lowest BCUT2D eigenvalue weighted by Gasteiger charge is -2.38. The van der Waals surface area contributed by atoms with Gasteiger partial charge >= 0.3 is 6.09 Å². The number of hydrogen-bond acceptors (Lipinski definition) is 5. The smallest absolute Gasteiger partial charge is 0.408 e. The molecule has 4 N–H and O–H groups in total. The van der Waals surface area contributed by atoms with E-state index in [2.05, 4.69) is 10.6 Å². The molecule has 0 aromatic heterocycles. The molecular formula is C30H42N4O5. The molecule has 0 aliphatic heterocycles. The highest BCUT2D eigenvalue weighted by molar-refractivity contribution is 5.93. The van der Waals surface area contributed by atoms with E-state index in [9.17, 15) is 19.2 Å². The van der Waals surface area contributed by atoms with Crippen molar-refractivity contribution in [3.8, 4) is 0 Å². The Morgan fingerprint density at radius 2 is 1.62 bits per heavy atom. The molecule has 212 valence electrons. The monoisotopic (exact) mass is 538 g/mol. The van der Waals surface area contributed by atoms with Crippen LogP contribution in [0.3, 0.4) is 0 Å². The topological polar surface area (TPSA) is 131 Å². The van der Waals surface area contributed by atoms with Gasteiger partial charge in [0.05, 0.1) is 0 Å². The van der Waals surface area contributed by atoms with Gasteiger partial charge in [-0.3, -0.25) is 14.4 Å². The van der Waals surface area contributed by atoms with E-state index in [-0.39, 0.29) is 25.3 Å². The van der Waals surface area contributed by atoms with Gasteiger partial charge in [-0.2, -0.15) is 0 Å². The van der Waals surface area contributed by atoms with E-state index >= 15 is 0 Å². The first-order chi connectivity index (χ1) is 18.2. The van der Waals surface area contributed by atoms with Crippen LogP contribution in [0.5, 0.6) is 0 Å². The molecule has 2 aromatic carbocycles. The molecule has 0 spiro atoms. The second kappa shape index (κ2) is 13.8. The summed E-state index contributed by atoms with van der Waals surface area (Å²) >= 11 is 0. The van der Waals surface area contributed by atoms with E-state index in [1.54, 1.807) is 34.6 Å². The summed E-state index contributed by atoms with van der Waals surface area (Å²) in [6.45, 7) is 12.9. The molecule has 39 heavy (non-hydrogen) atoms. The van der Waals surface area contributed by atoms with Crippen molar-refractivity contribution in [1.82, 2.24) is 15.5 Å². The number of nitrogens with two attached hydrogens (primary N) is 1. The van der Waals surface area contributed by atoms with E-state index in [1.807, 2.05) is 62.4 Å². The largest absolute Gasteiger partial charge is 0.444 e. The molecule has 2 unspecified atom stereocenters. The maximum atomic E-state index is 14.1. The molecule has 2 aromatic rings. The first-order valence-corrected chi connectivity index (χ1v) is 13.2. The number of carbonyl (C=O) groups is 4. The molecule has 0 saturated carbocycles. The van der Waals surface area contributed by atoms with Crippen LogP contribution in [0.1, 0.15) is 75.8 Å². The van der Waals surface area contributed by atoms with Crippen molar-refractivity contribution >= 4 is 23.8 Å². The van der Waals surface area contributed by atoms with Gasteiger partial charge in [-0.05, 0) is 77.1 Å². The fourth-order valence-electron chi connectivity index (χ4n) is 4.22. The molecular weight excluding hydrogens is 496 g/mol. The molecule has 0 radical (unpaired) electrons. The van der Waals surface area contributed by atoms with Crippen molar-refractivity contribution < 1.29 is 23.9 Å². The lowest BCUT2D eigenvalue weighted by atomic mass is 9.94. The minimum Gasteiger partial charge on any atom is -0.444 e. The molecule has 9 nitrogen and oxygen atoms in total. The minimum absolute atomic E-state index is 0.0399. The Bertz CT molecular complexity index is 1160. The fraction of sp³-hybridized carbons (Fsp3) is 0.467.